The van der Waals surface area contributed by atoms with Gasteiger partial charge in [0, 0.05) is 11.6 Å². The number of methoxy groups -OCH3 is 1. The van der Waals surface area contributed by atoms with Crippen molar-refractivity contribution < 1.29 is 14.3 Å². The Kier molecular flexibility index (Phi) is 2.60. The van der Waals surface area contributed by atoms with E-state index in [4.69, 9.17) is 0 Å². The molecule has 0 aliphatic heterocycles. The molecule has 0 atom stereocenters. The monoisotopic (exact) mass is 277 g/mol. The van der Waals surface area contributed by atoms with Crippen LogP contribution in [0.15, 0.2) is 17.9 Å². The van der Waals surface area contributed by atoms with Gasteiger partial charge in [0.1, 0.15) is 12.0 Å². The van der Waals surface area contributed by atoms with E-state index in [0.29, 0.717) is 22.8 Å². The largest absolute Gasteiger partial charge is 0.463 e. The highest BCUT2D eigenvalue weighted by atomic mass is 32.1. The fraction of sp³-hybridized carbons (Fsp3) is 0.100. The second-order valence-electron chi connectivity index (χ2n) is 3.50. The Labute approximate surface area is 110 Å². The van der Waals surface area contributed by atoms with Crippen LogP contribution in [0.5, 0.6) is 0 Å². The summed E-state index contributed by atoms with van der Waals surface area (Å²) < 4.78 is 7.43. The van der Waals surface area contributed by atoms with E-state index in [0.717, 1.165) is 0 Å². The van der Waals surface area contributed by atoms with Gasteiger partial charge >= 0.3 is 5.97 Å². The molecule has 0 amide bonds. The average molecular weight is 277 g/mol. The van der Waals surface area contributed by atoms with Crippen LogP contribution < -0.4 is 0 Å². The van der Waals surface area contributed by atoms with Crippen LogP contribution in [-0.4, -0.2) is 43.5 Å². The highest BCUT2D eigenvalue weighted by Gasteiger charge is 2.18. The third kappa shape index (κ3) is 1.71. The topological polar surface area (TPSA) is 91.4 Å². The van der Waals surface area contributed by atoms with Crippen LogP contribution in [0, 0.1) is 0 Å². The Morgan fingerprint density at radius 1 is 1.53 bits per heavy atom. The van der Waals surface area contributed by atoms with Crippen molar-refractivity contribution in [3.05, 3.63) is 29.4 Å². The van der Waals surface area contributed by atoms with Crippen LogP contribution >= 0.6 is 11.3 Å². The second kappa shape index (κ2) is 4.28. The number of esters is 1. The van der Waals surface area contributed by atoms with Crippen molar-refractivity contribution in [2.45, 2.75) is 0 Å². The normalized spacial score (nSPS) is 10.8. The van der Waals surface area contributed by atoms with Gasteiger partial charge in [-0.15, -0.1) is 16.4 Å². The van der Waals surface area contributed by atoms with E-state index in [1.165, 1.54) is 29.5 Å². The van der Waals surface area contributed by atoms with E-state index in [2.05, 4.69) is 19.8 Å². The summed E-state index contributed by atoms with van der Waals surface area (Å²) in [5.74, 6) is -0.410. The predicted octanol–water partition coefficient (Wildman–Crippen LogP) is 0.576. The Balaban J connectivity index is 2.13. The summed E-state index contributed by atoms with van der Waals surface area (Å²) in [7, 11) is 1.24. The molecular formula is C10H7N5O3S. The van der Waals surface area contributed by atoms with E-state index in [1.807, 2.05) is 5.38 Å². The maximum atomic E-state index is 11.3. The van der Waals surface area contributed by atoms with Crippen molar-refractivity contribution in [1.29, 1.82) is 0 Å². The van der Waals surface area contributed by atoms with E-state index < -0.39 is 5.97 Å². The van der Waals surface area contributed by atoms with Crippen LogP contribution in [0.25, 0.3) is 10.8 Å². The molecule has 0 bridgehead atoms. The van der Waals surface area contributed by atoms with Crippen molar-refractivity contribution >= 4 is 28.6 Å². The summed E-state index contributed by atoms with van der Waals surface area (Å²) in [4.78, 5) is 31.2. The molecule has 0 radical (unpaired) electrons. The Hall–Kier alpha value is -2.55. The standard InChI is InChI=1S/C10H7N5O3S/c1-18-9(17)7-11-5-15(13-7)8-6(4-16)14-2-3-19-10(14)12-8/h2-5H,1H3. The molecule has 0 spiro atoms. The Morgan fingerprint density at radius 3 is 3.11 bits per heavy atom. The number of ether oxygens (including phenoxy) is 1. The summed E-state index contributed by atoms with van der Waals surface area (Å²) in [6.07, 6.45) is 3.73. The lowest BCUT2D eigenvalue weighted by Crippen LogP contribution is -2.06. The number of fused-ring (bicyclic) bond motifs is 1. The first-order valence-electron chi connectivity index (χ1n) is 5.15. The number of nitrogens with zero attached hydrogens (tertiary/aromatic N) is 5. The first-order chi connectivity index (χ1) is 9.24. The van der Waals surface area contributed by atoms with Crippen molar-refractivity contribution in [3.8, 4) is 5.82 Å². The van der Waals surface area contributed by atoms with Crippen molar-refractivity contribution in [2.75, 3.05) is 7.11 Å². The molecule has 3 heterocycles. The molecule has 9 heteroatoms. The molecule has 0 saturated carbocycles. The summed E-state index contributed by atoms with van der Waals surface area (Å²) >= 11 is 1.39. The van der Waals surface area contributed by atoms with Crippen LogP contribution in [0.3, 0.4) is 0 Å². The van der Waals surface area contributed by atoms with Crippen LogP contribution in [-0.2, 0) is 4.74 Å². The lowest BCUT2D eigenvalue weighted by molar-refractivity contribution is 0.0587. The number of aldehydes is 1. The first-order valence-corrected chi connectivity index (χ1v) is 6.03. The fourth-order valence-corrected chi connectivity index (χ4v) is 2.34. The minimum Gasteiger partial charge on any atom is -0.463 e. The van der Waals surface area contributed by atoms with Gasteiger partial charge in [0.15, 0.2) is 17.1 Å². The molecule has 0 aliphatic rings. The Bertz CT molecular complexity index is 771. The van der Waals surface area contributed by atoms with E-state index in [9.17, 15) is 9.59 Å². The Morgan fingerprint density at radius 2 is 2.37 bits per heavy atom. The molecule has 0 fully saturated rings. The molecule has 0 aromatic carbocycles. The van der Waals surface area contributed by atoms with Gasteiger partial charge in [-0.3, -0.25) is 9.20 Å². The van der Waals surface area contributed by atoms with Crippen LogP contribution in [0.2, 0.25) is 0 Å². The number of aromatic nitrogens is 5. The average Bonchev–Trinajstić information content (AvgIpc) is 3.11. The third-order valence-electron chi connectivity index (χ3n) is 2.47. The van der Waals surface area contributed by atoms with Gasteiger partial charge < -0.3 is 4.74 Å². The second-order valence-corrected chi connectivity index (χ2v) is 4.37. The van der Waals surface area contributed by atoms with Crippen LogP contribution in [0.1, 0.15) is 21.1 Å². The molecule has 96 valence electrons. The molecule has 3 aromatic rings. The number of carbonyl (C=O) groups is 2. The maximum Gasteiger partial charge on any atom is 0.377 e. The van der Waals surface area contributed by atoms with Crippen LogP contribution in [0.4, 0.5) is 0 Å². The number of rotatable bonds is 3. The molecule has 0 unspecified atom stereocenters. The summed E-state index contributed by atoms with van der Waals surface area (Å²) in [5, 5.41) is 5.76. The summed E-state index contributed by atoms with van der Waals surface area (Å²) in [6, 6.07) is 0. The van der Waals surface area contributed by atoms with Gasteiger partial charge in [-0.1, -0.05) is 0 Å². The summed E-state index contributed by atoms with van der Waals surface area (Å²) in [5.41, 5.74) is 0.345. The van der Waals surface area contributed by atoms with Crippen molar-refractivity contribution in [2.24, 2.45) is 0 Å². The molecule has 0 saturated heterocycles. The van der Waals surface area contributed by atoms with Crippen molar-refractivity contribution in [1.82, 2.24) is 24.1 Å². The van der Waals surface area contributed by atoms with Gasteiger partial charge in [-0.25, -0.2) is 9.78 Å². The van der Waals surface area contributed by atoms with Gasteiger partial charge in [-0.2, -0.15) is 9.67 Å². The molecular weight excluding hydrogens is 270 g/mol. The SMILES string of the molecule is COC(=O)c1ncn(-c2nc3sccn3c2C=O)n1. The maximum absolute atomic E-state index is 11.3. The van der Waals surface area contributed by atoms with E-state index >= 15 is 0 Å². The predicted molar refractivity (Wildman–Crippen MR) is 64.7 cm³/mol. The van der Waals surface area contributed by atoms with Gasteiger partial charge in [0.25, 0.3) is 5.82 Å². The summed E-state index contributed by atoms with van der Waals surface area (Å²) in [6.45, 7) is 0. The minimum absolute atomic E-state index is 0.0873. The molecule has 8 nitrogen and oxygen atoms in total. The quantitative estimate of drug-likeness (QED) is 0.513. The van der Waals surface area contributed by atoms with E-state index in [1.54, 1.807) is 10.6 Å². The molecule has 19 heavy (non-hydrogen) atoms. The fourth-order valence-electron chi connectivity index (χ4n) is 1.62. The zero-order valence-electron chi connectivity index (χ0n) is 9.68. The van der Waals surface area contributed by atoms with Gasteiger partial charge in [0.05, 0.1) is 7.11 Å². The zero-order valence-corrected chi connectivity index (χ0v) is 10.5. The molecule has 0 aliphatic carbocycles. The van der Waals surface area contributed by atoms with E-state index in [-0.39, 0.29) is 5.82 Å². The third-order valence-corrected chi connectivity index (χ3v) is 3.22. The van der Waals surface area contributed by atoms with Gasteiger partial charge in [0.2, 0.25) is 0 Å². The number of carbonyl (C=O) groups excluding carboxylic acids is 2. The molecule has 3 rings (SSSR count). The number of hydrogen-bond donors (Lipinski definition) is 0. The molecule has 3 aromatic heterocycles. The molecule has 0 N–H and O–H groups in total. The lowest BCUT2D eigenvalue weighted by atomic mass is 10.5. The lowest BCUT2D eigenvalue weighted by Gasteiger charge is -1.95. The zero-order chi connectivity index (χ0) is 13.4. The highest BCUT2D eigenvalue weighted by Crippen LogP contribution is 2.18. The highest BCUT2D eigenvalue weighted by molar-refractivity contribution is 7.15. The van der Waals surface area contributed by atoms with Gasteiger partial charge in [-0.05, 0) is 0 Å². The number of hydrogen-bond acceptors (Lipinski definition) is 7. The first kappa shape index (κ1) is 11.5. The number of imidazole rings is 1. The smallest absolute Gasteiger partial charge is 0.377 e. The number of thiazole rings is 1. The minimum atomic E-state index is -0.646. The van der Waals surface area contributed by atoms with Crippen molar-refractivity contribution in [3.63, 3.8) is 0 Å².